The number of halogens is 2. The van der Waals surface area contributed by atoms with E-state index in [4.69, 9.17) is 25.8 Å². The van der Waals surface area contributed by atoms with Crippen LogP contribution in [0.4, 0.5) is 14.9 Å². The van der Waals surface area contributed by atoms with Crippen LogP contribution in [0.2, 0.25) is 5.02 Å². The number of hydrogen-bond donors (Lipinski definition) is 1. The molecule has 0 aliphatic carbocycles. The monoisotopic (exact) mass is 380 g/mol. The number of benzene rings is 2. The highest BCUT2D eigenvalue weighted by Crippen LogP contribution is 2.51. The second kappa shape index (κ2) is 6.92. The average molecular weight is 381 g/mol. The molecule has 1 aliphatic heterocycles. The number of nitrogens with zero attached hydrogens (tertiary/aromatic N) is 1. The minimum Gasteiger partial charge on any atom is -0.493 e. The van der Waals surface area contributed by atoms with Gasteiger partial charge in [-0.3, -0.25) is 0 Å². The van der Waals surface area contributed by atoms with E-state index in [9.17, 15) is 9.18 Å². The molecule has 0 saturated heterocycles. The van der Waals surface area contributed by atoms with Crippen molar-refractivity contribution in [2.45, 2.75) is 6.04 Å². The van der Waals surface area contributed by atoms with Crippen LogP contribution in [0.1, 0.15) is 17.2 Å². The normalized spacial score (nSPS) is 16.0. The number of rotatable bonds is 4. The summed E-state index contributed by atoms with van der Waals surface area (Å²) in [6.45, 7) is 0. The Morgan fingerprint density at radius 1 is 1.12 bits per heavy atom. The lowest BCUT2D eigenvalue weighted by molar-refractivity contribution is 0.207. The highest BCUT2D eigenvalue weighted by atomic mass is 35.5. The highest BCUT2D eigenvalue weighted by molar-refractivity contribution is 6.30. The third kappa shape index (κ3) is 2.78. The van der Waals surface area contributed by atoms with Crippen LogP contribution in [-0.2, 0) is 0 Å². The molecule has 0 radical (unpaired) electrons. The number of methoxy groups -OCH3 is 3. The van der Waals surface area contributed by atoms with Crippen molar-refractivity contribution in [3.63, 3.8) is 0 Å². The first-order valence-electron chi connectivity index (χ1n) is 7.74. The number of anilines is 1. The molecule has 1 N–H and O–H groups in total. The largest absolute Gasteiger partial charge is 0.493 e. The predicted molar refractivity (Wildman–Crippen MR) is 96.1 cm³/mol. The van der Waals surface area contributed by atoms with E-state index in [1.54, 1.807) is 13.1 Å². The molecule has 6 nitrogen and oxygen atoms in total. The van der Waals surface area contributed by atoms with Crippen molar-refractivity contribution in [3.8, 4) is 17.2 Å². The Labute approximate surface area is 155 Å². The maximum absolute atomic E-state index is 14.6. The summed E-state index contributed by atoms with van der Waals surface area (Å²) in [6.07, 6.45) is 0. The number of nitrogens with one attached hydrogen (secondary N) is 1. The second-order valence-electron chi connectivity index (χ2n) is 5.72. The van der Waals surface area contributed by atoms with E-state index in [2.05, 4.69) is 5.32 Å². The van der Waals surface area contributed by atoms with E-state index in [-0.39, 0.29) is 5.56 Å². The van der Waals surface area contributed by atoms with Gasteiger partial charge in [-0.15, -0.1) is 0 Å². The number of hydrogen-bond acceptors (Lipinski definition) is 4. The zero-order valence-corrected chi connectivity index (χ0v) is 15.5. The molecule has 138 valence electrons. The van der Waals surface area contributed by atoms with Crippen LogP contribution in [0.3, 0.4) is 0 Å². The van der Waals surface area contributed by atoms with Crippen molar-refractivity contribution in [1.29, 1.82) is 0 Å². The van der Waals surface area contributed by atoms with Gasteiger partial charge in [-0.1, -0.05) is 11.6 Å². The Morgan fingerprint density at radius 2 is 1.81 bits per heavy atom. The van der Waals surface area contributed by atoms with Crippen LogP contribution < -0.4 is 19.5 Å². The zero-order valence-electron chi connectivity index (χ0n) is 14.7. The molecule has 1 atom stereocenters. The maximum Gasteiger partial charge on any atom is 0.322 e. The number of fused-ring (bicyclic) bond motifs is 1. The summed E-state index contributed by atoms with van der Waals surface area (Å²) in [5.41, 5.74) is 1.25. The van der Waals surface area contributed by atoms with Crippen molar-refractivity contribution < 1.29 is 23.4 Å². The van der Waals surface area contributed by atoms with Crippen LogP contribution in [0.25, 0.3) is 0 Å². The molecule has 2 aromatic rings. The lowest BCUT2D eigenvalue weighted by atomic mass is 9.92. The molecule has 2 aromatic carbocycles. The highest BCUT2D eigenvalue weighted by Gasteiger charge is 2.38. The van der Waals surface area contributed by atoms with Gasteiger partial charge in [-0.25, -0.2) is 9.18 Å². The van der Waals surface area contributed by atoms with Crippen molar-refractivity contribution in [2.75, 3.05) is 33.7 Å². The quantitative estimate of drug-likeness (QED) is 0.868. The van der Waals surface area contributed by atoms with E-state index in [1.807, 2.05) is 0 Å². The van der Waals surface area contributed by atoms with E-state index < -0.39 is 17.9 Å². The lowest BCUT2D eigenvalue weighted by Gasteiger charge is -2.36. The molecule has 0 fully saturated rings. The first-order valence-corrected chi connectivity index (χ1v) is 8.12. The van der Waals surface area contributed by atoms with Crippen molar-refractivity contribution >= 4 is 23.3 Å². The van der Waals surface area contributed by atoms with Crippen LogP contribution in [-0.4, -0.2) is 39.3 Å². The third-order valence-corrected chi connectivity index (χ3v) is 4.58. The molecule has 1 aliphatic rings. The predicted octanol–water partition coefficient (Wildman–Crippen LogP) is 4.07. The van der Waals surface area contributed by atoms with E-state index >= 15 is 0 Å². The van der Waals surface area contributed by atoms with Gasteiger partial charge < -0.3 is 24.4 Å². The van der Waals surface area contributed by atoms with E-state index in [0.717, 1.165) is 0 Å². The average Bonchev–Trinajstić information content (AvgIpc) is 2.63. The minimum atomic E-state index is -0.757. The molecule has 26 heavy (non-hydrogen) atoms. The molecular weight excluding hydrogens is 363 g/mol. The SMILES string of the molecule is COc1cc2c(c(OC)c1OC)C(c1cc(Cl)ccc1F)N(C)C(=O)N2. The van der Waals surface area contributed by atoms with Crippen molar-refractivity contribution in [1.82, 2.24) is 4.90 Å². The minimum absolute atomic E-state index is 0.251. The van der Waals surface area contributed by atoms with Gasteiger partial charge in [0.05, 0.1) is 33.1 Å². The fourth-order valence-corrected chi connectivity index (χ4v) is 3.34. The van der Waals surface area contributed by atoms with Crippen LogP contribution >= 0.6 is 11.6 Å². The molecule has 1 unspecified atom stereocenters. The molecule has 3 rings (SSSR count). The summed E-state index contributed by atoms with van der Waals surface area (Å²) < 4.78 is 30.9. The van der Waals surface area contributed by atoms with Crippen LogP contribution in [0, 0.1) is 5.82 Å². The zero-order chi connectivity index (χ0) is 19.0. The summed E-state index contributed by atoms with van der Waals surface area (Å²) in [5.74, 6) is 0.603. The Kier molecular flexibility index (Phi) is 4.82. The lowest BCUT2D eigenvalue weighted by Crippen LogP contribution is -2.40. The number of carbonyl (C=O) groups is 1. The third-order valence-electron chi connectivity index (χ3n) is 4.34. The van der Waals surface area contributed by atoms with Gasteiger partial charge in [-0.2, -0.15) is 0 Å². The van der Waals surface area contributed by atoms with Gasteiger partial charge >= 0.3 is 6.03 Å². The van der Waals surface area contributed by atoms with E-state index in [1.165, 1.54) is 44.4 Å². The number of urea groups is 1. The Bertz CT molecular complexity index is 875. The fraction of sp³-hybridized carbons (Fsp3) is 0.278. The molecule has 0 bridgehead atoms. The number of amides is 2. The first kappa shape index (κ1) is 18.1. The standard InChI is InChI=1S/C18H18ClFN2O4/c1-22-15(10-7-9(19)5-6-11(10)20)14-12(21-18(22)23)8-13(24-2)16(25-3)17(14)26-4/h5-8,15H,1-4H3,(H,21,23). The Balaban J connectivity index is 2.35. The van der Waals surface area contributed by atoms with Crippen molar-refractivity contribution in [2.24, 2.45) is 0 Å². The fourth-order valence-electron chi connectivity index (χ4n) is 3.16. The summed E-state index contributed by atoms with van der Waals surface area (Å²) >= 11 is 6.07. The number of ether oxygens (including phenoxy) is 3. The molecule has 0 spiro atoms. The van der Waals surface area contributed by atoms with Crippen LogP contribution in [0.15, 0.2) is 24.3 Å². The van der Waals surface area contributed by atoms with Gasteiger partial charge in [0.1, 0.15) is 5.82 Å². The molecule has 0 aromatic heterocycles. The second-order valence-corrected chi connectivity index (χ2v) is 6.15. The number of carbonyl (C=O) groups excluding carboxylic acids is 1. The summed E-state index contributed by atoms with van der Waals surface area (Å²) in [4.78, 5) is 13.8. The first-order chi connectivity index (χ1) is 12.4. The maximum atomic E-state index is 14.6. The van der Waals surface area contributed by atoms with Crippen molar-refractivity contribution in [3.05, 3.63) is 46.2 Å². The van der Waals surface area contributed by atoms with Gasteiger partial charge in [-0.05, 0) is 18.2 Å². The van der Waals surface area contributed by atoms with Crippen LogP contribution in [0.5, 0.6) is 17.2 Å². The summed E-state index contributed by atoms with van der Waals surface area (Å²) in [5, 5.41) is 3.12. The van der Waals surface area contributed by atoms with Gasteiger partial charge in [0.15, 0.2) is 11.5 Å². The topological polar surface area (TPSA) is 60.0 Å². The molecular formula is C18H18ClFN2O4. The van der Waals surface area contributed by atoms with Gasteiger partial charge in [0.2, 0.25) is 5.75 Å². The Hall–Kier alpha value is -2.67. The smallest absolute Gasteiger partial charge is 0.322 e. The molecule has 1 heterocycles. The van der Waals surface area contributed by atoms with Gasteiger partial charge in [0, 0.05) is 29.3 Å². The van der Waals surface area contributed by atoms with E-state index in [0.29, 0.717) is 33.5 Å². The molecule has 8 heteroatoms. The Morgan fingerprint density at radius 3 is 2.42 bits per heavy atom. The molecule has 0 saturated carbocycles. The van der Waals surface area contributed by atoms with Gasteiger partial charge in [0.25, 0.3) is 0 Å². The summed E-state index contributed by atoms with van der Waals surface area (Å²) in [7, 11) is 6.00. The summed E-state index contributed by atoms with van der Waals surface area (Å²) in [6, 6.07) is 4.69. The molecule has 2 amide bonds.